The molecule has 0 spiro atoms. The number of carbonyl (C=O) groups is 1. The highest BCUT2D eigenvalue weighted by atomic mass is 16.2. The Morgan fingerprint density at radius 2 is 2.57 bits per heavy atom. The van der Waals surface area contributed by atoms with Crippen molar-refractivity contribution < 1.29 is 4.79 Å². The summed E-state index contributed by atoms with van der Waals surface area (Å²) in [5.74, 6) is 0.837. The Bertz CT molecular complexity index is 333. The average Bonchev–Trinajstić information content (AvgIpc) is 2.72. The van der Waals surface area contributed by atoms with Gasteiger partial charge in [-0.3, -0.25) is 4.79 Å². The minimum Gasteiger partial charge on any atom is -0.369 e. The van der Waals surface area contributed by atoms with Gasteiger partial charge in [-0.05, 0) is 12.8 Å². The molecule has 14 heavy (non-hydrogen) atoms. The lowest BCUT2D eigenvalue weighted by atomic mass is 10.0. The summed E-state index contributed by atoms with van der Waals surface area (Å²) in [4.78, 5) is 15.2. The molecule has 1 aliphatic heterocycles. The number of aryl methyl sites for hydroxylation is 1. The van der Waals surface area contributed by atoms with Crippen LogP contribution in [0.15, 0.2) is 12.4 Å². The van der Waals surface area contributed by atoms with Gasteiger partial charge in [-0.2, -0.15) is 0 Å². The third-order valence-corrected chi connectivity index (χ3v) is 2.63. The van der Waals surface area contributed by atoms with Crippen LogP contribution in [0.2, 0.25) is 0 Å². The van der Waals surface area contributed by atoms with E-state index in [4.69, 9.17) is 5.73 Å². The molecule has 76 valence electrons. The molecule has 2 heterocycles. The topological polar surface area (TPSA) is 72.9 Å². The van der Waals surface area contributed by atoms with Crippen molar-refractivity contribution in [1.82, 2.24) is 14.9 Å². The number of imidazole rings is 1. The van der Waals surface area contributed by atoms with E-state index in [1.807, 2.05) is 10.8 Å². The van der Waals surface area contributed by atoms with Crippen molar-refractivity contribution in [2.24, 2.45) is 5.92 Å². The second-order valence-electron chi connectivity index (χ2n) is 3.54. The first-order valence-corrected chi connectivity index (χ1v) is 4.81. The van der Waals surface area contributed by atoms with Gasteiger partial charge in [0, 0.05) is 31.4 Å². The van der Waals surface area contributed by atoms with E-state index in [0.29, 0.717) is 5.95 Å². The number of rotatable bonds is 3. The fraction of sp³-hybridized carbons (Fsp3) is 0.556. The van der Waals surface area contributed by atoms with Crippen LogP contribution in [-0.4, -0.2) is 22.0 Å². The van der Waals surface area contributed by atoms with Gasteiger partial charge in [-0.15, -0.1) is 0 Å². The van der Waals surface area contributed by atoms with Crippen LogP contribution in [0.1, 0.15) is 12.8 Å². The average molecular weight is 194 g/mol. The summed E-state index contributed by atoms with van der Waals surface area (Å²) in [6.45, 7) is 1.58. The summed E-state index contributed by atoms with van der Waals surface area (Å²) in [6, 6.07) is 0. The molecule has 1 fully saturated rings. The zero-order chi connectivity index (χ0) is 9.97. The molecule has 1 aliphatic rings. The van der Waals surface area contributed by atoms with Gasteiger partial charge in [-0.25, -0.2) is 4.98 Å². The zero-order valence-corrected chi connectivity index (χ0v) is 7.94. The molecule has 1 aromatic rings. The monoisotopic (exact) mass is 194 g/mol. The third-order valence-electron chi connectivity index (χ3n) is 2.63. The smallest absolute Gasteiger partial charge is 0.223 e. The lowest BCUT2D eigenvalue weighted by Crippen LogP contribution is -2.20. The van der Waals surface area contributed by atoms with Crippen molar-refractivity contribution >= 4 is 11.9 Å². The number of hydrogen-bond donors (Lipinski definition) is 2. The molecule has 0 radical (unpaired) electrons. The minimum absolute atomic E-state index is 0.150. The number of aromatic nitrogens is 2. The van der Waals surface area contributed by atoms with E-state index in [9.17, 15) is 4.79 Å². The largest absolute Gasteiger partial charge is 0.369 e. The van der Waals surface area contributed by atoms with Crippen LogP contribution < -0.4 is 11.1 Å². The first-order valence-electron chi connectivity index (χ1n) is 4.81. The van der Waals surface area contributed by atoms with Gasteiger partial charge >= 0.3 is 0 Å². The molecule has 1 unspecified atom stereocenters. The summed E-state index contributed by atoms with van der Waals surface area (Å²) >= 11 is 0. The summed E-state index contributed by atoms with van der Waals surface area (Å²) in [5, 5.41) is 2.82. The maximum atomic E-state index is 11.3. The van der Waals surface area contributed by atoms with Crippen molar-refractivity contribution in [1.29, 1.82) is 0 Å². The molecule has 0 bridgehead atoms. The van der Waals surface area contributed by atoms with E-state index in [1.165, 1.54) is 0 Å². The highest BCUT2D eigenvalue weighted by Gasteiger charge is 2.23. The van der Waals surface area contributed by atoms with Gasteiger partial charge in [0.05, 0.1) is 0 Å². The third kappa shape index (κ3) is 1.71. The van der Waals surface area contributed by atoms with Crippen LogP contribution in [0.3, 0.4) is 0 Å². The van der Waals surface area contributed by atoms with Crippen molar-refractivity contribution in [3.05, 3.63) is 12.4 Å². The number of nitrogen functional groups attached to an aromatic ring is 1. The van der Waals surface area contributed by atoms with Gasteiger partial charge in [-0.1, -0.05) is 0 Å². The van der Waals surface area contributed by atoms with E-state index in [1.54, 1.807) is 6.20 Å². The number of nitrogens with zero attached hydrogens (tertiary/aromatic N) is 2. The van der Waals surface area contributed by atoms with E-state index < -0.39 is 0 Å². The fourth-order valence-corrected chi connectivity index (χ4v) is 1.75. The molecule has 3 N–H and O–H groups in total. The molecule has 5 heteroatoms. The quantitative estimate of drug-likeness (QED) is 0.711. The summed E-state index contributed by atoms with van der Waals surface area (Å²) in [6.07, 6.45) is 5.28. The number of carbonyl (C=O) groups excluding carboxylic acids is 1. The Labute approximate surface area is 82.3 Å². The highest BCUT2D eigenvalue weighted by molar-refractivity contribution is 5.80. The van der Waals surface area contributed by atoms with Crippen LogP contribution >= 0.6 is 0 Å². The molecule has 0 aliphatic carbocycles. The minimum atomic E-state index is 0.150. The van der Waals surface area contributed by atoms with Crippen molar-refractivity contribution in [2.75, 3.05) is 12.3 Å². The summed E-state index contributed by atoms with van der Waals surface area (Å²) in [7, 11) is 0. The van der Waals surface area contributed by atoms with E-state index in [2.05, 4.69) is 10.3 Å². The van der Waals surface area contributed by atoms with Gasteiger partial charge < -0.3 is 15.6 Å². The second kappa shape index (κ2) is 3.69. The Morgan fingerprint density at radius 3 is 3.14 bits per heavy atom. The molecular weight excluding hydrogens is 180 g/mol. The Morgan fingerprint density at radius 1 is 1.71 bits per heavy atom. The molecule has 0 saturated carbocycles. The van der Waals surface area contributed by atoms with Crippen LogP contribution in [0.4, 0.5) is 5.95 Å². The molecule has 5 nitrogen and oxygen atoms in total. The lowest BCUT2D eigenvalue weighted by Gasteiger charge is -2.07. The maximum Gasteiger partial charge on any atom is 0.223 e. The van der Waals surface area contributed by atoms with Crippen molar-refractivity contribution in [3.63, 3.8) is 0 Å². The predicted octanol–water partition coefficient (Wildman–Crippen LogP) is -0.00850. The van der Waals surface area contributed by atoms with Crippen molar-refractivity contribution in [2.45, 2.75) is 19.4 Å². The van der Waals surface area contributed by atoms with Gasteiger partial charge in [0.15, 0.2) is 5.95 Å². The Balaban J connectivity index is 1.88. The lowest BCUT2D eigenvalue weighted by molar-refractivity contribution is -0.122. The Kier molecular flexibility index (Phi) is 2.39. The first-order chi connectivity index (χ1) is 6.77. The number of nitrogens with one attached hydrogen (secondary N) is 1. The number of nitrogens with two attached hydrogens (primary N) is 1. The van der Waals surface area contributed by atoms with Crippen LogP contribution in [0, 0.1) is 5.92 Å². The number of hydrogen-bond acceptors (Lipinski definition) is 3. The number of amides is 1. The van der Waals surface area contributed by atoms with Crippen LogP contribution in [0.5, 0.6) is 0 Å². The molecule has 1 saturated heterocycles. The van der Waals surface area contributed by atoms with Gasteiger partial charge in [0.25, 0.3) is 0 Å². The normalized spacial score (nSPS) is 21.1. The van der Waals surface area contributed by atoms with Gasteiger partial charge in [0.1, 0.15) is 0 Å². The van der Waals surface area contributed by atoms with E-state index >= 15 is 0 Å². The SMILES string of the molecule is Nc1nccn1CCC1CCNC1=O. The van der Waals surface area contributed by atoms with Crippen LogP contribution in [0.25, 0.3) is 0 Å². The number of anilines is 1. The molecule has 0 aromatic carbocycles. The van der Waals surface area contributed by atoms with E-state index in [-0.39, 0.29) is 11.8 Å². The standard InChI is InChI=1S/C9H14N4O/c10-9-12-4-6-13(9)5-2-7-1-3-11-8(7)14/h4,6-7H,1-3,5H2,(H2,10,12)(H,11,14). The molecular formula is C9H14N4O. The molecule has 1 amide bonds. The fourth-order valence-electron chi connectivity index (χ4n) is 1.75. The zero-order valence-electron chi connectivity index (χ0n) is 7.94. The first kappa shape index (κ1) is 9.05. The van der Waals surface area contributed by atoms with Crippen molar-refractivity contribution in [3.8, 4) is 0 Å². The molecule has 1 aromatic heterocycles. The van der Waals surface area contributed by atoms with Crippen LogP contribution in [-0.2, 0) is 11.3 Å². The van der Waals surface area contributed by atoms with E-state index in [0.717, 1.165) is 25.9 Å². The maximum absolute atomic E-state index is 11.3. The highest BCUT2D eigenvalue weighted by Crippen LogP contribution is 2.15. The Hall–Kier alpha value is -1.52. The summed E-state index contributed by atoms with van der Waals surface area (Å²) in [5.41, 5.74) is 5.61. The molecule has 2 rings (SSSR count). The second-order valence-corrected chi connectivity index (χ2v) is 3.54. The van der Waals surface area contributed by atoms with Gasteiger partial charge in [0.2, 0.25) is 5.91 Å². The summed E-state index contributed by atoms with van der Waals surface area (Å²) < 4.78 is 1.87. The predicted molar refractivity (Wildman–Crippen MR) is 52.4 cm³/mol. The molecule has 1 atom stereocenters.